The summed E-state index contributed by atoms with van der Waals surface area (Å²) in [7, 11) is 0. The maximum atomic E-state index is 12.2. The molecule has 1 N–H and O–H groups in total. The Morgan fingerprint density at radius 3 is 2.72 bits per heavy atom. The number of hydrogen-bond acceptors (Lipinski definition) is 5. The van der Waals surface area contributed by atoms with Gasteiger partial charge in [-0.25, -0.2) is 4.98 Å². The summed E-state index contributed by atoms with van der Waals surface area (Å²) in [5, 5.41) is 1.39. The van der Waals surface area contributed by atoms with Crippen molar-refractivity contribution in [3.8, 4) is 0 Å². The summed E-state index contributed by atoms with van der Waals surface area (Å²) < 4.78 is 5.36. The van der Waals surface area contributed by atoms with Crippen LogP contribution in [-0.2, 0) is 11.2 Å². The third kappa shape index (κ3) is 5.31. The topological polar surface area (TPSA) is 58.2 Å². The molecule has 2 aromatic rings. The fourth-order valence-electron chi connectivity index (χ4n) is 2.69. The van der Waals surface area contributed by atoms with Crippen molar-refractivity contribution in [2.45, 2.75) is 18.5 Å². The van der Waals surface area contributed by atoms with Gasteiger partial charge in [-0.2, -0.15) is 0 Å². The van der Waals surface area contributed by atoms with Crippen LogP contribution in [0.2, 0.25) is 5.02 Å². The Labute approximate surface area is 156 Å². The van der Waals surface area contributed by atoms with Crippen molar-refractivity contribution in [1.29, 1.82) is 0 Å². The summed E-state index contributed by atoms with van der Waals surface area (Å²) in [6, 6.07) is 7.65. The molecule has 0 amide bonds. The summed E-state index contributed by atoms with van der Waals surface area (Å²) in [4.78, 5) is 22.1. The van der Waals surface area contributed by atoms with Crippen LogP contribution in [-0.4, -0.2) is 53.5 Å². The summed E-state index contributed by atoms with van der Waals surface area (Å²) in [5.74, 6) is 0.895. The summed E-state index contributed by atoms with van der Waals surface area (Å²) in [6.07, 6.45) is 0.629. The number of aromatic nitrogens is 2. The SMILES string of the molecule is Cc1c(Cc2ccc(Cl)cc2)nc(SCCN2CCOCC2)[nH]c1=O. The minimum Gasteiger partial charge on any atom is -0.379 e. The molecule has 2 heterocycles. The average Bonchev–Trinajstić information content (AvgIpc) is 2.62. The van der Waals surface area contributed by atoms with Crippen LogP contribution in [0.3, 0.4) is 0 Å². The highest BCUT2D eigenvalue weighted by Crippen LogP contribution is 2.17. The molecule has 0 aliphatic carbocycles. The van der Waals surface area contributed by atoms with E-state index in [-0.39, 0.29) is 5.56 Å². The Hall–Kier alpha value is -1.34. The van der Waals surface area contributed by atoms with Gasteiger partial charge in [0, 0.05) is 42.4 Å². The second kappa shape index (κ2) is 8.85. The molecular formula is C18H22ClN3O2S. The molecule has 3 rings (SSSR count). The standard InChI is InChI=1S/C18H22ClN3O2S/c1-13-16(12-14-2-4-15(19)5-3-14)20-18(21-17(13)23)25-11-8-22-6-9-24-10-7-22/h2-5H,6-12H2,1H3,(H,20,21,23). The van der Waals surface area contributed by atoms with Crippen LogP contribution in [0.5, 0.6) is 0 Å². The second-order valence-corrected chi connectivity index (χ2v) is 7.57. The number of H-pyrrole nitrogens is 1. The van der Waals surface area contributed by atoms with Crippen LogP contribution >= 0.6 is 23.4 Å². The highest BCUT2D eigenvalue weighted by molar-refractivity contribution is 7.99. The second-order valence-electron chi connectivity index (χ2n) is 6.05. The molecule has 1 aliphatic rings. The van der Waals surface area contributed by atoms with Gasteiger partial charge < -0.3 is 9.72 Å². The van der Waals surface area contributed by atoms with Crippen molar-refractivity contribution < 1.29 is 4.74 Å². The molecule has 0 spiro atoms. The van der Waals surface area contributed by atoms with Gasteiger partial charge in [-0.15, -0.1) is 0 Å². The van der Waals surface area contributed by atoms with E-state index in [1.165, 1.54) is 0 Å². The Balaban J connectivity index is 1.65. The van der Waals surface area contributed by atoms with Gasteiger partial charge in [0.2, 0.25) is 0 Å². The van der Waals surface area contributed by atoms with Gasteiger partial charge in [0.15, 0.2) is 5.16 Å². The van der Waals surface area contributed by atoms with Crippen LogP contribution in [0.1, 0.15) is 16.8 Å². The van der Waals surface area contributed by atoms with Crippen molar-refractivity contribution in [3.05, 3.63) is 56.5 Å². The van der Waals surface area contributed by atoms with Crippen LogP contribution < -0.4 is 5.56 Å². The molecule has 5 nitrogen and oxygen atoms in total. The highest BCUT2D eigenvalue weighted by Gasteiger charge is 2.12. The number of benzene rings is 1. The van der Waals surface area contributed by atoms with E-state index in [0.717, 1.165) is 49.9 Å². The zero-order valence-corrected chi connectivity index (χ0v) is 15.8. The lowest BCUT2D eigenvalue weighted by Crippen LogP contribution is -2.37. The van der Waals surface area contributed by atoms with Gasteiger partial charge >= 0.3 is 0 Å². The molecule has 1 aliphatic heterocycles. The van der Waals surface area contributed by atoms with Crippen molar-refractivity contribution in [1.82, 2.24) is 14.9 Å². The number of morpholine rings is 1. The van der Waals surface area contributed by atoms with Gasteiger partial charge in [0.05, 0.1) is 18.9 Å². The Bertz CT molecular complexity index is 758. The van der Waals surface area contributed by atoms with Crippen molar-refractivity contribution in [2.75, 3.05) is 38.6 Å². The van der Waals surface area contributed by atoms with Gasteiger partial charge in [-0.1, -0.05) is 35.5 Å². The normalized spacial score (nSPS) is 15.4. The van der Waals surface area contributed by atoms with Crippen molar-refractivity contribution in [2.24, 2.45) is 0 Å². The van der Waals surface area contributed by atoms with Gasteiger partial charge in [0.25, 0.3) is 5.56 Å². The van der Waals surface area contributed by atoms with Crippen LogP contribution in [0.25, 0.3) is 0 Å². The number of halogens is 1. The first-order chi connectivity index (χ1) is 12.1. The minimum absolute atomic E-state index is 0.0622. The molecule has 1 aromatic heterocycles. The predicted octanol–water partition coefficient (Wildman–Crippen LogP) is 2.75. The number of aromatic amines is 1. The molecule has 1 saturated heterocycles. The molecule has 25 heavy (non-hydrogen) atoms. The van der Waals surface area contributed by atoms with E-state index in [1.807, 2.05) is 31.2 Å². The third-order valence-electron chi connectivity index (χ3n) is 4.27. The number of hydrogen-bond donors (Lipinski definition) is 1. The molecular weight excluding hydrogens is 358 g/mol. The number of rotatable bonds is 6. The zero-order valence-electron chi connectivity index (χ0n) is 14.3. The van der Waals surface area contributed by atoms with E-state index in [2.05, 4.69) is 14.9 Å². The van der Waals surface area contributed by atoms with Crippen LogP contribution in [0.4, 0.5) is 0 Å². The van der Waals surface area contributed by atoms with Crippen LogP contribution in [0.15, 0.2) is 34.2 Å². The number of nitrogens with one attached hydrogen (secondary N) is 1. The molecule has 1 fully saturated rings. The van der Waals surface area contributed by atoms with Crippen molar-refractivity contribution in [3.63, 3.8) is 0 Å². The van der Waals surface area contributed by atoms with Gasteiger partial charge in [-0.05, 0) is 24.6 Å². The molecule has 1 aromatic carbocycles. The van der Waals surface area contributed by atoms with E-state index in [0.29, 0.717) is 22.2 Å². The number of ether oxygens (including phenoxy) is 1. The van der Waals surface area contributed by atoms with Gasteiger partial charge in [-0.3, -0.25) is 9.69 Å². The first-order valence-corrected chi connectivity index (χ1v) is 9.75. The molecule has 0 atom stereocenters. The molecule has 0 bridgehead atoms. The Kier molecular flexibility index (Phi) is 6.53. The Morgan fingerprint density at radius 1 is 1.28 bits per heavy atom. The molecule has 0 saturated carbocycles. The third-order valence-corrected chi connectivity index (χ3v) is 5.37. The number of nitrogens with zero attached hydrogens (tertiary/aromatic N) is 2. The average molecular weight is 380 g/mol. The first-order valence-electron chi connectivity index (χ1n) is 8.39. The lowest BCUT2D eigenvalue weighted by molar-refractivity contribution is 0.0410. The van der Waals surface area contributed by atoms with E-state index >= 15 is 0 Å². The van der Waals surface area contributed by atoms with Crippen molar-refractivity contribution >= 4 is 23.4 Å². The molecule has 7 heteroatoms. The first kappa shape index (κ1) is 18.5. The minimum atomic E-state index is -0.0622. The highest BCUT2D eigenvalue weighted by atomic mass is 35.5. The lowest BCUT2D eigenvalue weighted by atomic mass is 10.1. The van der Waals surface area contributed by atoms with E-state index in [4.69, 9.17) is 16.3 Å². The lowest BCUT2D eigenvalue weighted by Gasteiger charge is -2.26. The Morgan fingerprint density at radius 2 is 2.00 bits per heavy atom. The van der Waals surface area contributed by atoms with E-state index < -0.39 is 0 Å². The summed E-state index contributed by atoms with van der Waals surface area (Å²) in [6.45, 7) is 6.34. The molecule has 0 unspecified atom stereocenters. The summed E-state index contributed by atoms with van der Waals surface area (Å²) >= 11 is 7.53. The van der Waals surface area contributed by atoms with E-state index in [1.54, 1.807) is 11.8 Å². The fourth-order valence-corrected chi connectivity index (χ4v) is 3.70. The maximum absolute atomic E-state index is 12.2. The van der Waals surface area contributed by atoms with Crippen LogP contribution in [0, 0.1) is 6.92 Å². The fraction of sp³-hybridized carbons (Fsp3) is 0.444. The number of thioether (sulfide) groups is 1. The summed E-state index contributed by atoms with van der Waals surface area (Å²) in [5.41, 5.74) is 2.52. The maximum Gasteiger partial charge on any atom is 0.254 e. The molecule has 134 valence electrons. The smallest absolute Gasteiger partial charge is 0.254 e. The van der Waals surface area contributed by atoms with Gasteiger partial charge in [0.1, 0.15) is 0 Å². The predicted molar refractivity (Wildman–Crippen MR) is 102 cm³/mol. The largest absolute Gasteiger partial charge is 0.379 e. The quantitative estimate of drug-likeness (QED) is 0.617. The van der Waals surface area contributed by atoms with E-state index in [9.17, 15) is 4.79 Å². The zero-order chi connectivity index (χ0) is 17.6. The molecule has 0 radical (unpaired) electrons. The monoisotopic (exact) mass is 379 g/mol.